The molecule has 0 spiro atoms. The molecule has 172 valence electrons. The number of pyridine rings is 2. The minimum atomic E-state index is -4.13. The number of rotatable bonds is 6. The summed E-state index contributed by atoms with van der Waals surface area (Å²) in [6, 6.07) is 8.59. The average Bonchev–Trinajstić information content (AvgIpc) is 3.54. The number of carbonyl (C=O) groups is 1. The highest BCUT2D eigenvalue weighted by Crippen LogP contribution is 2.54. The Hall–Kier alpha value is -3.00. The van der Waals surface area contributed by atoms with Crippen LogP contribution < -0.4 is 9.46 Å². The van der Waals surface area contributed by atoms with E-state index in [-0.39, 0.29) is 4.90 Å². The largest absolute Gasteiger partial charge is 0.481 e. The number of ether oxygens (including phenoxy) is 1. The second-order valence-electron chi connectivity index (χ2n) is 9.15. The highest BCUT2D eigenvalue weighted by Gasteiger charge is 2.55. The number of carbonyl (C=O) groups excluding carboxylic acids is 1. The summed E-state index contributed by atoms with van der Waals surface area (Å²) in [7, 11) is -2.60. The molecule has 8 heteroatoms. The van der Waals surface area contributed by atoms with Crippen LogP contribution in [-0.2, 0) is 20.2 Å². The van der Waals surface area contributed by atoms with Gasteiger partial charge in [0.15, 0.2) is 0 Å². The monoisotopic (exact) mass is 465 g/mol. The van der Waals surface area contributed by atoms with Gasteiger partial charge in [0.1, 0.15) is 4.90 Å². The summed E-state index contributed by atoms with van der Waals surface area (Å²) in [5.74, 6) is 0.291. The van der Waals surface area contributed by atoms with Crippen LogP contribution in [0.3, 0.4) is 0 Å². The van der Waals surface area contributed by atoms with E-state index in [1.165, 1.54) is 19.6 Å². The summed E-state index contributed by atoms with van der Waals surface area (Å²) >= 11 is 0. The molecule has 0 saturated heterocycles. The number of sulfonamides is 1. The molecule has 0 aliphatic heterocycles. The quantitative estimate of drug-likeness (QED) is 0.590. The summed E-state index contributed by atoms with van der Waals surface area (Å²) < 4.78 is 34.5. The number of amides is 1. The van der Waals surface area contributed by atoms with Crippen molar-refractivity contribution >= 4 is 26.8 Å². The maximum atomic E-state index is 13.5. The Morgan fingerprint density at radius 2 is 1.91 bits per heavy atom. The second-order valence-corrected chi connectivity index (χ2v) is 10.8. The van der Waals surface area contributed by atoms with Crippen molar-refractivity contribution in [2.24, 2.45) is 0 Å². The van der Waals surface area contributed by atoms with Crippen molar-refractivity contribution < 1.29 is 17.9 Å². The number of nitrogens with zero attached hydrogens (tertiary/aromatic N) is 2. The third-order valence-electron chi connectivity index (χ3n) is 7.08. The molecule has 33 heavy (non-hydrogen) atoms. The van der Waals surface area contributed by atoms with Crippen molar-refractivity contribution in [3.63, 3.8) is 0 Å². The topological polar surface area (TPSA) is 98.2 Å². The maximum Gasteiger partial charge on any atom is 0.266 e. The van der Waals surface area contributed by atoms with Crippen LogP contribution in [-0.4, -0.2) is 31.4 Å². The first-order chi connectivity index (χ1) is 15.8. The van der Waals surface area contributed by atoms with Crippen molar-refractivity contribution in [1.29, 1.82) is 0 Å². The smallest absolute Gasteiger partial charge is 0.266 e. The predicted molar refractivity (Wildman–Crippen MR) is 125 cm³/mol. The SMILES string of the molecule is COc1ncc(C2CCC2)c(C)c1C1(C(=O)NS(=O)(=O)c2cccc3ccc(C)nc23)CC1. The third-order valence-corrected chi connectivity index (χ3v) is 8.45. The molecule has 1 aromatic carbocycles. The zero-order valence-corrected chi connectivity index (χ0v) is 19.8. The zero-order valence-electron chi connectivity index (χ0n) is 19.0. The van der Waals surface area contributed by atoms with E-state index in [1.54, 1.807) is 19.1 Å². The molecule has 2 aliphatic carbocycles. The van der Waals surface area contributed by atoms with Crippen molar-refractivity contribution in [1.82, 2.24) is 14.7 Å². The van der Waals surface area contributed by atoms with E-state index in [2.05, 4.69) is 14.7 Å². The predicted octanol–water partition coefficient (Wildman–Crippen LogP) is 4.06. The lowest BCUT2D eigenvalue weighted by Crippen LogP contribution is -2.39. The first-order valence-electron chi connectivity index (χ1n) is 11.2. The number of aromatic nitrogens is 2. The van der Waals surface area contributed by atoms with Gasteiger partial charge in [0, 0.05) is 22.8 Å². The first kappa shape index (κ1) is 21.8. The lowest BCUT2D eigenvalue weighted by atomic mass is 9.77. The minimum Gasteiger partial charge on any atom is -0.481 e. The molecule has 7 nitrogen and oxygen atoms in total. The van der Waals surface area contributed by atoms with Crippen LogP contribution >= 0.6 is 0 Å². The summed E-state index contributed by atoms with van der Waals surface area (Å²) in [5, 5.41) is 0.701. The second kappa shape index (κ2) is 7.80. The van der Waals surface area contributed by atoms with Crippen molar-refractivity contribution in [2.75, 3.05) is 7.11 Å². The van der Waals surface area contributed by atoms with E-state index >= 15 is 0 Å². The highest BCUT2D eigenvalue weighted by atomic mass is 32.2. The van der Waals surface area contributed by atoms with Crippen molar-refractivity contribution in [2.45, 2.75) is 62.2 Å². The number of aryl methyl sites for hydroxylation is 1. The molecular weight excluding hydrogens is 438 g/mol. The lowest BCUT2D eigenvalue weighted by molar-refractivity contribution is -0.121. The standard InChI is InChI=1S/C25H27N3O4S/c1-15-10-11-18-8-5-9-20(22(18)27-15)33(30,31)28-24(29)25(12-13-25)21-16(2)19(17-6-4-7-17)14-26-23(21)32-3/h5,8-11,14,17H,4,6-7,12-13H2,1-3H3,(H,28,29). The maximum absolute atomic E-state index is 13.5. The molecule has 5 rings (SSSR count). The number of benzene rings is 1. The molecule has 2 fully saturated rings. The molecular formula is C25H27N3O4S. The van der Waals surface area contributed by atoms with Crippen molar-refractivity contribution in [3.05, 3.63) is 58.9 Å². The summed E-state index contributed by atoms with van der Waals surface area (Å²) in [6.45, 7) is 3.80. The van der Waals surface area contributed by atoms with Crippen LogP contribution in [0.5, 0.6) is 5.88 Å². The number of methoxy groups -OCH3 is 1. The number of hydrogen-bond acceptors (Lipinski definition) is 6. The van der Waals surface area contributed by atoms with Gasteiger partial charge in [-0.3, -0.25) is 9.78 Å². The molecule has 1 N–H and O–H groups in total. The molecule has 2 aliphatic rings. The van der Waals surface area contributed by atoms with Gasteiger partial charge >= 0.3 is 0 Å². The van der Waals surface area contributed by atoms with E-state index < -0.39 is 21.3 Å². The fourth-order valence-electron chi connectivity index (χ4n) is 4.87. The Labute approximate surface area is 193 Å². The van der Waals surface area contributed by atoms with Crippen molar-refractivity contribution in [3.8, 4) is 5.88 Å². The Balaban J connectivity index is 1.53. The van der Waals surface area contributed by atoms with Gasteiger partial charge in [-0.1, -0.05) is 24.6 Å². The summed E-state index contributed by atoms with van der Waals surface area (Å²) in [4.78, 5) is 22.4. The average molecular weight is 466 g/mol. The van der Waals surface area contributed by atoms with E-state index in [4.69, 9.17) is 4.74 Å². The van der Waals surface area contributed by atoms with Gasteiger partial charge < -0.3 is 4.74 Å². The minimum absolute atomic E-state index is 0.00196. The van der Waals surface area contributed by atoms with Gasteiger partial charge in [0.05, 0.1) is 18.0 Å². The molecule has 1 amide bonds. The number of hydrogen-bond donors (Lipinski definition) is 1. The van der Waals surface area contributed by atoms with Gasteiger partial charge in [0.2, 0.25) is 11.8 Å². The van der Waals surface area contributed by atoms with Crippen LogP contribution in [0.25, 0.3) is 10.9 Å². The van der Waals surface area contributed by atoms with Gasteiger partial charge in [-0.25, -0.2) is 18.1 Å². The Morgan fingerprint density at radius 3 is 2.55 bits per heavy atom. The molecule has 0 radical (unpaired) electrons. The molecule has 3 aromatic rings. The van der Waals surface area contributed by atoms with E-state index in [1.807, 2.05) is 25.3 Å². The third kappa shape index (κ3) is 3.57. The van der Waals surface area contributed by atoms with Crippen LogP contribution in [0.2, 0.25) is 0 Å². The fraction of sp³-hybridized carbons (Fsp3) is 0.400. The van der Waals surface area contributed by atoms with Gasteiger partial charge in [-0.2, -0.15) is 0 Å². The van der Waals surface area contributed by atoms with Gasteiger partial charge in [-0.15, -0.1) is 0 Å². The van der Waals surface area contributed by atoms with Gasteiger partial charge in [0.25, 0.3) is 10.0 Å². The van der Waals surface area contributed by atoms with Crippen LogP contribution in [0.4, 0.5) is 0 Å². The van der Waals surface area contributed by atoms with E-state index in [0.717, 1.165) is 24.0 Å². The number of nitrogens with one attached hydrogen (secondary N) is 1. The number of fused-ring (bicyclic) bond motifs is 1. The van der Waals surface area contributed by atoms with E-state index in [9.17, 15) is 13.2 Å². The van der Waals surface area contributed by atoms with Crippen LogP contribution in [0, 0.1) is 13.8 Å². The normalized spacial score (nSPS) is 17.4. The Morgan fingerprint density at radius 1 is 1.15 bits per heavy atom. The first-order valence-corrected chi connectivity index (χ1v) is 12.7. The fourth-order valence-corrected chi connectivity index (χ4v) is 6.09. The highest BCUT2D eigenvalue weighted by molar-refractivity contribution is 7.90. The molecule has 0 atom stereocenters. The van der Waals surface area contributed by atoms with Gasteiger partial charge in [-0.05, 0) is 68.7 Å². The van der Waals surface area contributed by atoms with E-state index in [0.29, 0.717) is 46.8 Å². The Bertz CT molecular complexity index is 1380. The number of para-hydroxylation sites is 1. The summed E-state index contributed by atoms with van der Waals surface area (Å²) in [5.41, 5.74) is 2.93. The zero-order chi connectivity index (χ0) is 23.4. The van der Waals surface area contributed by atoms with Crippen LogP contribution in [0.1, 0.15) is 60.4 Å². The Kier molecular flexibility index (Phi) is 5.16. The molecule has 0 bridgehead atoms. The lowest BCUT2D eigenvalue weighted by Gasteiger charge is -2.29. The molecule has 2 heterocycles. The molecule has 2 saturated carbocycles. The summed E-state index contributed by atoms with van der Waals surface area (Å²) in [6.07, 6.45) is 6.34. The molecule has 2 aromatic heterocycles. The molecule has 0 unspecified atom stereocenters. The van der Waals surface area contributed by atoms with Crippen LogP contribution in [0.15, 0.2) is 41.4 Å².